The highest BCUT2D eigenvalue weighted by Crippen LogP contribution is 2.28. The summed E-state index contributed by atoms with van der Waals surface area (Å²) in [6, 6.07) is 8.69. The summed E-state index contributed by atoms with van der Waals surface area (Å²) in [5.41, 5.74) is 4.47. The van der Waals surface area contributed by atoms with Crippen LogP contribution in [0.3, 0.4) is 0 Å². The normalized spacial score (nSPS) is 10.6. The number of aryl methyl sites for hydroxylation is 2. The minimum absolute atomic E-state index is 0.287. The Bertz CT molecular complexity index is 859. The van der Waals surface area contributed by atoms with E-state index in [0.29, 0.717) is 5.13 Å². The van der Waals surface area contributed by atoms with Crippen molar-refractivity contribution < 1.29 is 9.18 Å². The van der Waals surface area contributed by atoms with E-state index in [2.05, 4.69) is 21.4 Å². The topological polar surface area (TPSA) is 54.9 Å². The molecule has 3 aromatic rings. The monoisotopic (exact) mass is 327 g/mol. The van der Waals surface area contributed by atoms with Gasteiger partial charge in [-0.3, -0.25) is 10.1 Å². The van der Waals surface area contributed by atoms with E-state index in [0.717, 1.165) is 22.9 Å². The maximum absolute atomic E-state index is 12.8. The molecule has 1 N–H and O–H groups in total. The van der Waals surface area contributed by atoms with Crippen molar-refractivity contribution in [1.82, 2.24) is 9.97 Å². The summed E-state index contributed by atoms with van der Waals surface area (Å²) in [6.45, 7) is 4.07. The molecule has 4 nitrogen and oxygen atoms in total. The van der Waals surface area contributed by atoms with Gasteiger partial charge in [0.25, 0.3) is 5.91 Å². The molecule has 1 aromatic carbocycles. The molecule has 0 saturated carbocycles. The number of nitrogens with one attached hydrogen (secondary N) is 1. The van der Waals surface area contributed by atoms with Gasteiger partial charge in [-0.25, -0.2) is 9.97 Å². The second-order valence-electron chi connectivity index (χ2n) is 5.18. The van der Waals surface area contributed by atoms with Crippen LogP contribution in [0.15, 0.2) is 41.9 Å². The Kier molecular flexibility index (Phi) is 4.16. The SMILES string of the molecule is Cc1ccc(-c2csc(NC(=O)c3ccc(F)nc3)n2)c(C)c1. The fourth-order valence-corrected chi connectivity index (χ4v) is 2.94. The number of pyridine rings is 1. The first kappa shape index (κ1) is 15.3. The zero-order valence-electron chi connectivity index (χ0n) is 12.6. The van der Waals surface area contributed by atoms with Crippen LogP contribution in [0.5, 0.6) is 0 Å². The van der Waals surface area contributed by atoms with Crippen molar-refractivity contribution in [2.75, 3.05) is 5.32 Å². The standard InChI is InChI=1S/C17H14FN3OS/c1-10-3-5-13(11(2)7-10)14-9-23-17(20-14)21-16(22)12-4-6-15(18)19-8-12/h3-9H,1-2H3,(H,20,21,22). The second kappa shape index (κ2) is 6.26. The molecule has 0 fully saturated rings. The fraction of sp³-hybridized carbons (Fsp3) is 0.118. The van der Waals surface area contributed by atoms with E-state index in [9.17, 15) is 9.18 Å². The average Bonchev–Trinajstić information content (AvgIpc) is 2.96. The minimum atomic E-state index is -0.618. The molecule has 23 heavy (non-hydrogen) atoms. The summed E-state index contributed by atoms with van der Waals surface area (Å²) in [4.78, 5) is 20.0. The van der Waals surface area contributed by atoms with Crippen molar-refractivity contribution >= 4 is 22.4 Å². The predicted octanol–water partition coefficient (Wildman–Crippen LogP) is 4.21. The van der Waals surface area contributed by atoms with Gasteiger partial charge in [0.05, 0.1) is 11.3 Å². The summed E-state index contributed by atoms with van der Waals surface area (Å²) in [7, 11) is 0. The molecule has 0 spiro atoms. The van der Waals surface area contributed by atoms with Crippen LogP contribution in [0.1, 0.15) is 21.5 Å². The fourth-order valence-electron chi connectivity index (χ4n) is 2.24. The molecule has 0 saturated heterocycles. The van der Waals surface area contributed by atoms with Crippen LogP contribution in [0.2, 0.25) is 0 Å². The molecule has 6 heteroatoms. The number of anilines is 1. The summed E-state index contributed by atoms with van der Waals surface area (Å²) >= 11 is 1.35. The Morgan fingerprint density at radius 3 is 2.74 bits per heavy atom. The minimum Gasteiger partial charge on any atom is -0.298 e. The number of rotatable bonds is 3. The second-order valence-corrected chi connectivity index (χ2v) is 6.04. The molecule has 0 unspecified atom stereocenters. The van der Waals surface area contributed by atoms with Gasteiger partial charge in [0.1, 0.15) is 0 Å². The van der Waals surface area contributed by atoms with Gasteiger partial charge in [0.2, 0.25) is 5.95 Å². The zero-order valence-corrected chi connectivity index (χ0v) is 13.4. The Morgan fingerprint density at radius 1 is 1.22 bits per heavy atom. The number of halogens is 1. The Morgan fingerprint density at radius 2 is 2.04 bits per heavy atom. The number of carbonyl (C=O) groups is 1. The first-order valence-corrected chi connectivity index (χ1v) is 7.87. The summed E-state index contributed by atoms with van der Waals surface area (Å²) in [5.74, 6) is -0.980. The van der Waals surface area contributed by atoms with Crippen LogP contribution in [-0.2, 0) is 0 Å². The number of nitrogens with zero attached hydrogens (tertiary/aromatic N) is 2. The van der Waals surface area contributed by atoms with Crippen molar-refractivity contribution in [3.63, 3.8) is 0 Å². The van der Waals surface area contributed by atoms with Gasteiger partial charge in [-0.2, -0.15) is 4.39 Å². The number of carbonyl (C=O) groups excluding carboxylic acids is 1. The van der Waals surface area contributed by atoms with Crippen molar-refractivity contribution in [1.29, 1.82) is 0 Å². The van der Waals surface area contributed by atoms with Crippen molar-refractivity contribution in [2.45, 2.75) is 13.8 Å². The largest absolute Gasteiger partial charge is 0.298 e. The molecular weight excluding hydrogens is 313 g/mol. The summed E-state index contributed by atoms with van der Waals surface area (Å²) < 4.78 is 12.8. The number of aromatic nitrogens is 2. The summed E-state index contributed by atoms with van der Waals surface area (Å²) in [5, 5.41) is 5.10. The number of amides is 1. The molecule has 1 amide bonds. The van der Waals surface area contributed by atoms with Gasteiger partial charge in [0, 0.05) is 17.1 Å². The Balaban J connectivity index is 1.79. The zero-order chi connectivity index (χ0) is 16.4. The molecule has 0 radical (unpaired) electrons. The van der Waals surface area contributed by atoms with E-state index in [1.54, 1.807) is 0 Å². The van der Waals surface area contributed by atoms with Gasteiger partial charge in [-0.1, -0.05) is 23.8 Å². The van der Waals surface area contributed by atoms with Gasteiger partial charge in [-0.15, -0.1) is 11.3 Å². The van der Waals surface area contributed by atoms with Crippen molar-refractivity contribution in [3.05, 3.63) is 64.5 Å². The van der Waals surface area contributed by atoms with Crippen LogP contribution in [0, 0.1) is 19.8 Å². The van der Waals surface area contributed by atoms with E-state index >= 15 is 0 Å². The third kappa shape index (κ3) is 3.43. The molecule has 0 aliphatic rings. The quantitative estimate of drug-likeness (QED) is 0.733. The highest BCUT2D eigenvalue weighted by molar-refractivity contribution is 7.14. The van der Waals surface area contributed by atoms with Gasteiger partial charge in [-0.05, 0) is 31.5 Å². The maximum Gasteiger partial charge on any atom is 0.259 e. The summed E-state index contributed by atoms with van der Waals surface area (Å²) in [6.07, 6.45) is 1.20. The maximum atomic E-state index is 12.8. The van der Waals surface area contributed by atoms with Gasteiger partial charge >= 0.3 is 0 Å². The molecule has 0 aliphatic carbocycles. The van der Waals surface area contributed by atoms with Crippen molar-refractivity contribution in [3.8, 4) is 11.3 Å². The van der Waals surface area contributed by atoms with E-state index in [1.807, 2.05) is 31.4 Å². The van der Waals surface area contributed by atoms with E-state index in [4.69, 9.17) is 0 Å². The number of benzene rings is 1. The number of hydrogen-bond acceptors (Lipinski definition) is 4. The molecule has 0 aliphatic heterocycles. The van der Waals surface area contributed by atoms with Crippen LogP contribution < -0.4 is 5.32 Å². The van der Waals surface area contributed by atoms with E-state index in [1.165, 1.54) is 29.2 Å². The average molecular weight is 327 g/mol. The first-order valence-electron chi connectivity index (χ1n) is 6.99. The highest BCUT2D eigenvalue weighted by Gasteiger charge is 2.11. The number of thiazole rings is 1. The molecule has 2 heterocycles. The lowest BCUT2D eigenvalue weighted by atomic mass is 10.0. The van der Waals surface area contributed by atoms with Crippen LogP contribution >= 0.6 is 11.3 Å². The van der Waals surface area contributed by atoms with Crippen LogP contribution in [0.4, 0.5) is 9.52 Å². The van der Waals surface area contributed by atoms with Gasteiger partial charge < -0.3 is 0 Å². The highest BCUT2D eigenvalue weighted by atomic mass is 32.1. The molecule has 0 bridgehead atoms. The Hall–Kier alpha value is -2.60. The third-order valence-corrected chi connectivity index (χ3v) is 4.13. The Labute approximate surface area is 137 Å². The van der Waals surface area contributed by atoms with Crippen LogP contribution in [0.25, 0.3) is 11.3 Å². The number of hydrogen-bond donors (Lipinski definition) is 1. The molecule has 2 aromatic heterocycles. The van der Waals surface area contributed by atoms with E-state index in [-0.39, 0.29) is 11.5 Å². The first-order chi connectivity index (χ1) is 11.0. The van der Waals surface area contributed by atoms with E-state index < -0.39 is 5.95 Å². The predicted molar refractivity (Wildman–Crippen MR) is 89.2 cm³/mol. The lowest BCUT2D eigenvalue weighted by molar-refractivity contribution is 0.102. The smallest absolute Gasteiger partial charge is 0.259 e. The molecule has 0 atom stereocenters. The lowest BCUT2D eigenvalue weighted by Crippen LogP contribution is -2.12. The molecular formula is C17H14FN3OS. The molecule has 3 rings (SSSR count). The van der Waals surface area contributed by atoms with Gasteiger partial charge in [0.15, 0.2) is 5.13 Å². The van der Waals surface area contributed by atoms with Crippen LogP contribution in [-0.4, -0.2) is 15.9 Å². The molecule has 116 valence electrons. The lowest BCUT2D eigenvalue weighted by Gasteiger charge is -2.04. The third-order valence-electron chi connectivity index (χ3n) is 3.37. The van der Waals surface area contributed by atoms with Crippen molar-refractivity contribution in [2.24, 2.45) is 0 Å².